The summed E-state index contributed by atoms with van der Waals surface area (Å²) in [6.45, 7) is 5.27. The van der Waals surface area contributed by atoms with Crippen molar-refractivity contribution in [3.05, 3.63) is 0 Å². The number of amides is 1. The van der Waals surface area contributed by atoms with Crippen molar-refractivity contribution >= 4 is 11.7 Å². The first-order valence-electron chi connectivity index (χ1n) is 5.13. The van der Waals surface area contributed by atoms with Crippen molar-refractivity contribution in [2.45, 2.75) is 26.7 Å². The molecule has 0 radical (unpaired) electrons. The van der Waals surface area contributed by atoms with Crippen molar-refractivity contribution in [2.75, 3.05) is 20.3 Å². The van der Waals surface area contributed by atoms with E-state index in [9.17, 15) is 4.79 Å². The Balaban J connectivity index is 3.90. The quantitative estimate of drug-likeness (QED) is 0.254. The predicted molar refractivity (Wildman–Crippen MR) is 61.3 cm³/mol. The molecule has 94 valence electrons. The van der Waals surface area contributed by atoms with Crippen LogP contribution in [0.5, 0.6) is 0 Å². The molecule has 0 saturated carbocycles. The molecule has 0 unspecified atom stereocenters. The molecule has 0 rings (SSSR count). The van der Waals surface area contributed by atoms with Crippen LogP contribution >= 0.6 is 0 Å². The number of nitrogens with zero attached hydrogens (tertiary/aromatic N) is 1. The van der Waals surface area contributed by atoms with Gasteiger partial charge in [-0.2, -0.15) is 0 Å². The Morgan fingerprint density at radius 3 is 2.69 bits per heavy atom. The van der Waals surface area contributed by atoms with Crippen LogP contribution in [0.4, 0.5) is 0 Å². The summed E-state index contributed by atoms with van der Waals surface area (Å²) in [6.07, 6.45) is 0.768. The Bertz CT molecular complexity index is 252. The van der Waals surface area contributed by atoms with Crippen LogP contribution in [0.3, 0.4) is 0 Å². The van der Waals surface area contributed by atoms with Gasteiger partial charge in [0.15, 0.2) is 0 Å². The van der Waals surface area contributed by atoms with Gasteiger partial charge in [0.05, 0.1) is 6.42 Å². The van der Waals surface area contributed by atoms with E-state index < -0.39 is 0 Å². The van der Waals surface area contributed by atoms with Crippen molar-refractivity contribution in [1.82, 2.24) is 5.32 Å². The molecule has 4 N–H and O–H groups in total. The third-order valence-electron chi connectivity index (χ3n) is 2.22. The SMILES string of the molecule is COCCC(C)(C)CNC(=O)CC(N)=NO. The maximum absolute atomic E-state index is 11.3. The highest BCUT2D eigenvalue weighted by Crippen LogP contribution is 2.18. The van der Waals surface area contributed by atoms with Gasteiger partial charge in [-0.3, -0.25) is 4.79 Å². The summed E-state index contributed by atoms with van der Waals surface area (Å²) in [5.74, 6) is -0.340. The number of rotatable bonds is 7. The number of methoxy groups -OCH3 is 1. The first-order valence-corrected chi connectivity index (χ1v) is 5.13. The number of hydrogen-bond acceptors (Lipinski definition) is 4. The summed E-state index contributed by atoms with van der Waals surface area (Å²) in [4.78, 5) is 11.3. The fourth-order valence-corrected chi connectivity index (χ4v) is 1.07. The average molecular weight is 231 g/mol. The van der Waals surface area contributed by atoms with Crippen LogP contribution < -0.4 is 11.1 Å². The Kier molecular flexibility index (Phi) is 6.48. The molecule has 0 aliphatic rings. The van der Waals surface area contributed by atoms with Gasteiger partial charge in [-0.05, 0) is 11.8 Å². The van der Waals surface area contributed by atoms with E-state index >= 15 is 0 Å². The molecule has 0 saturated heterocycles. The molecule has 0 aliphatic heterocycles. The lowest BCUT2D eigenvalue weighted by atomic mass is 9.89. The average Bonchev–Trinajstić information content (AvgIpc) is 2.24. The van der Waals surface area contributed by atoms with Crippen molar-refractivity contribution in [3.63, 3.8) is 0 Å². The van der Waals surface area contributed by atoms with Crippen LogP contribution in [0.1, 0.15) is 26.7 Å². The molecule has 0 aliphatic carbocycles. The lowest BCUT2D eigenvalue weighted by Gasteiger charge is -2.24. The summed E-state index contributed by atoms with van der Waals surface area (Å²) < 4.78 is 4.98. The number of nitrogens with two attached hydrogens (primary N) is 1. The van der Waals surface area contributed by atoms with Gasteiger partial charge < -0.3 is 21.0 Å². The standard InChI is InChI=1S/C10H21N3O3/c1-10(2,4-5-16-3)7-12-9(14)6-8(11)13-15/h15H,4-7H2,1-3H3,(H2,11,13)(H,12,14). The molecular formula is C10H21N3O3. The highest BCUT2D eigenvalue weighted by molar-refractivity contribution is 5.98. The molecule has 0 atom stereocenters. The topological polar surface area (TPSA) is 96.9 Å². The van der Waals surface area contributed by atoms with Gasteiger partial charge in [0, 0.05) is 20.3 Å². The van der Waals surface area contributed by atoms with Crippen molar-refractivity contribution in [2.24, 2.45) is 16.3 Å². The summed E-state index contributed by atoms with van der Waals surface area (Å²) >= 11 is 0. The van der Waals surface area contributed by atoms with Gasteiger partial charge >= 0.3 is 0 Å². The summed E-state index contributed by atoms with van der Waals surface area (Å²) in [7, 11) is 1.65. The first-order chi connectivity index (χ1) is 7.41. The second-order valence-corrected chi connectivity index (χ2v) is 4.45. The van der Waals surface area contributed by atoms with Gasteiger partial charge in [0.1, 0.15) is 5.84 Å². The van der Waals surface area contributed by atoms with Crippen LogP contribution in [-0.2, 0) is 9.53 Å². The van der Waals surface area contributed by atoms with Crippen LogP contribution in [0, 0.1) is 5.41 Å². The molecule has 0 bridgehead atoms. The monoisotopic (exact) mass is 231 g/mol. The Morgan fingerprint density at radius 1 is 1.56 bits per heavy atom. The molecule has 0 aromatic heterocycles. The predicted octanol–water partition coefficient (Wildman–Crippen LogP) is 0.302. The first kappa shape index (κ1) is 14.7. The van der Waals surface area contributed by atoms with Crippen molar-refractivity contribution in [1.29, 1.82) is 0 Å². The van der Waals surface area contributed by atoms with Gasteiger partial charge in [-0.1, -0.05) is 19.0 Å². The second kappa shape index (κ2) is 7.05. The van der Waals surface area contributed by atoms with E-state index in [0.717, 1.165) is 6.42 Å². The minimum Gasteiger partial charge on any atom is -0.409 e. The van der Waals surface area contributed by atoms with Gasteiger partial charge in [0.25, 0.3) is 0 Å². The van der Waals surface area contributed by atoms with Crippen molar-refractivity contribution in [3.8, 4) is 0 Å². The molecule has 6 heteroatoms. The third kappa shape index (κ3) is 7.05. The highest BCUT2D eigenvalue weighted by atomic mass is 16.5. The number of carbonyl (C=O) groups is 1. The number of oxime groups is 1. The fraction of sp³-hybridized carbons (Fsp3) is 0.800. The van der Waals surface area contributed by atoms with E-state index in [2.05, 4.69) is 10.5 Å². The zero-order chi connectivity index (χ0) is 12.6. The maximum Gasteiger partial charge on any atom is 0.227 e. The number of amidine groups is 1. The molecule has 0 heterocycles. The van der Waals surface area contributed by atoms with Crippen LogP contribution in [0.2, 0.25) is 0 Å². The largest absolute Gasteiger partial charge is 0.409 e. The number of hydrogen-bond donors (Lipinski definition) is 3. The zero-order valence-electron chi connectivity index (χ0n) is 10.1. The number of ether oxygens (including phenoxy) is 1. The Labute approximate surface area is 95.8 Å². The van der Waals surface area contributed by atoms with Crippen LogP contribution in [0.25, 0.3) is 0 Å². The van der Waals surface area contributed by atoms with E-state index in [4.69, 9.17) is 15.7 Å². The van der Waals surface area contributed by atoms with Gasteiger partial charge in [-0.25, -0.2) is 0 Å². The fourth-order valence-electron chi connectivity index (χ4n) is 1.07. The van der Waals surface area contributed by atoms with Gasteiger partial charge in [0.2, 0.25) is 5.91 Å². The third-order valence-corrected chi connectivity index (χ3v) is 2.22. The minimum absolute atomic E-state index is 0.0310. The summed E-state index contributed by atoms with van der Waals surface area (Å²) in [6, 6.07) is 0. The minimum atomic E-state index is -0.249. The van der Waals surface area contributed by atoms with E-state index in [0.29, 0.717) is 13.2 Å². The van der Waals surface area contributed by atoms with Crippen LogP contribution in [-0.4, -0.2) is 37.2 Å². The molecule has 6 nitrogen and oxygen atoms in total. The molecule has 1 amide bonds. The molecule has 0 aromatic carbocycles. The smallest absolute Gasteiger partial charge is 0.227 e. The maximum atomic E-state index is 11.3. The van der Waals surface area contributed by atoms with Gasteiger partial charge in [-0.15, -0.1) is 0 Å². The lowest BCUT2D eigenvalue weighted by molar-refractivity contribution is -0.120. The Hall–Kier alpha value is -1.30. The second-order valence-electron chi connectivity index (χ2n) is 4.45. The molecule has 0 spiro atoms. The van der Waals surface area contributed by atoms with E-state index in [1.807, 2.05) is 13.8 Å². The summed E-state index contributed by atoms with van der Waals surface area (Å²) in [5, 5.41) is 13.8. The molecule has 0 fully saturated rings. The molecular weight excluding hydrogens is 210 g/mol. The highest BCUT2D eigenvalue weighted by Gasteiger charge is 2.18. The molecule has 0 aromatic rings. The number of carbonyl (C=O) groups excluding carboxylic acids is 1. The lowest BCUT2D eigenvalue weighted by Crippen LogP contribution is -2.36. The van der Waals surface area contributed by atoms with E-state index in [1.54, 1.807) is 7.11 Å². The normalized spacial score (nSPS) is 12.6. The van der Waals surface area contributed by atoms with Crippen molar-refractivity contribution < 1.29 is 14.7 Å². The zero-order valence-corrected chi connectivity index (χ0v) is 10.1. The van der Waals surface area contributed by atoms with E-state index in [-0.39, 0.29) is 23.6 Å². The van der Waals surface area contributed by atoms with E-state index in [1.165, 1.54) is 0 Å². The van der Waals surface area contributed by atoms with Crippen LogP contribution in [0.15, 0.2) is 5.16 Å². The summed E-state index contributed by atoms with van der Waals surface area (Å²) in [5.41, 5.74) is 5.18. The number of nitrogens with one attached hydrogen (secondary N) is 1. The molecule has 16 heavy (non-hydrogen) atoms. The Morgan fingerprint density at radius 2 is 2.19 bits per heavy atom.